The summed E-state index contributed by atoms with van der Waals surface area (Å²) in [5.41, 5.74) is 4.94. The molecule has 1 amide bonds. The minimum absolute atomic E-state index is 0.135. The van der Waals surface area contributed by atoms with Crippen molar-refractivity contribution in [3.8, 4) is 22.8 Å². The molecule has 0 aliphatic carbocycles. The number of aromatic hydroxyl groups is 1. The Morgan fingerprint density at radius 1 is 1.21 bits per heavy atom. The van der Waals surface area contributed by atoms with Gasteiger partial charge in [0.25, 0.3) is 5.91 Å². The summed E-state index contributed by atoms with van der Waals surface area (Å²) < 4.78 is 5.71. The fourth-order valence-electron chi connectivity index (χ4n) is 2.68. The number of hydrogen-bond donors (Lipinski definition) is 3. The maximum absolute atomic E-state index is 12.2. The lowest BCUT2D eigenvalue weighted by Gasteiger charge is -2.06. The summed E-state index contributed by atoms with van der Waals surface area (Å²) in [5.74, 6) is 0.548. The molecule has 0 aliphatic rings. The van der Waals surface area contributed by atoms with E-state index in [9.17, 15) is 9.90 Å². The highest BCUT2D eigenvalue weighted by molar-refractivity contribution is 5.94. The average molecular weight is 392 g/mol. The number of aromatic amines is 1. The van der Waals surface area contributed by atoms with Gasteiger partial charge >= 0.3 is 0 Å². The quantitative estimate of drug-likeness (QED) is 0.290. The van der Waals surface area contributed by atoms with Gasteiger partial charge in [-0.05, 0) is 54.4 Å². The first-order chi connectivity index (χ1) is 14.2. The number of unbranched alkanes of at least 4 members (excludes halogenated alkanes) is 2. The number of nitrogens with one attached hydrogen (secondary N) is 2. The van der Waals surface area contributed by atoms with Gasteiger partial charge in [-0.2, -0.15) is 10.2 Å². The Labute approximate surface area is 169 Å². The van der Waals surface area contributed by atoms with Crippen molar-refractivity contribution < 1.29 is 14.6 Å². The molecule has 1 aromatic heterocycles. The summed E-state index contributed by atoms with van der Waals surface area (Å²) in [6.45, 7) is 2.87. The second kappa shape index (κ2) is 10.1. The Morgan fingerprint density at radius 3 is 2.79 bits per heavy atom. The molecule has 29 heavy (non-hydrogen) atoms. The molecule has 3 rings (SSSR count). The Hall–Kier alpha value is -3.61. The van der Waals surface area contributed by atoms with Gasteiger partial charge in [0.2, 0.25) is 0 Å². The van der Waals surface area contributed by atoms with Crippen LogP contribution in [0.2, 0.25) is 0 Å². The first-order valence-corrected chi connectivity index (χ1v) is 9.57. The van der Waals surface area contributed by atoms with E-state index in [0.717, 1.165) is 24.2 Å². The lowest BCUT2D eigenvalue weighted by Crippen LogP contribution is -2.17. The zero-order chi connectivity index (χ0) is 20.5. The number of amides is 1. The zero-order valence-electron chi connectivity index (χ0n) is 16.3. The molecule has 7 nitrogen and oxygen atoms in total. The third-order valence-corrected chi connectivity index (χ3v) is 4.24. The third-order valence-electron chi connectivity index (χ3n) is 4.24. The van der Waals surface area contributed by atoms with E-state index in [-0.39, 0.29) is 5.75 Å². The minimum atomic E-state index is -0.406. The highest BCUT2D eigenvalue weighted by atomic mass is 16.5. The minimum Gasteiger partial charge on any atom is -0.508 e. The average Bonchev–Trinajstić information content (AvgIpc) is 3.22. The predicted octanol–water partition coefficient (Wildman–Crippen LogP) is 4.12. The van der Waals surface area contributed by atoms with Crippen LogP contribution in [-0.4, -0.2) is 34.0 Å². The number of carbonyl (C=O) groups is 1. The molecule has 150 valence electrons. The van der Waals surface area contributed by atoms with Crippen molar-refractivity contribution in [3.05, 3.63) is 65.9 Å². The topological polar surface area (TPSA) is 99.6 Å². The predicted molar refractivity (Wildman–Crippen MR) is 112 cm³/mol. The number of hydrazone groups is 1. The van der Waals surface area contributed by atoms with Crippen molar-refractivity contribution in [2.75, 3.05) is 6.61 Å². The van der Waals surface area contributed by atoms with Crippen LogP contribution in [0, 0.1) is 0 Å². The molecule has 0 radical (unpaired) electrons. The van der Waals surface area contributed by atoms with Crippen LogP contribution >= 0.6 is 0 Å². The number of hydrogen-bond acceptors (Lipinski definition) is 5. The molecule has 0 saturated carbocycles. The molecule has 1 heterocycles. The molecule has 0 atom stereocenters. The van der Waals surface area contributed by atoms with Gasteiger partial charge < -0.3 is 9.84 Å². The lowest BCUT2D eigenvalue weighted by molar-refractivity contribution is 0.0950. The molecule has 3 aromatic rings. The molecular formula is C22H24N4O3. The largest absolute Gasteiger partial charge is 0.508 e. The maximum Gasteiger partial charge on any atom is 0.289 e. The summed E-state index contributed by atoms with van der Waals surface area (Å²) >= 11 is 0. The van der Waals surface area contributed by atoms with Gasteiger partial charge in [-0.15, -0.1) is 0 Å². The van der Waals surface area contributed by atoms with E-state index in [4.69, 9.17) is 4.74 Å². The smallest absolute Gasteiger partial charge is 0.289 e. The van der Waals surface area contributed by atoms with Crippen LogP contribution in [0.4, 0.5) is 0 Å². The summed E-state index contributed by atoms with van der Waals surface area (Å²) in [6.07, 6.45) is 4.82. The number of carbonyl (C=O) groups excluding carboxylic acids is 1. The number of benzene rings is 2. The van der Waals surface area contributed by atoms with Gasteiger partial charge in [-0.25, -0.2) is 5.43 Å². The van der Waals surface area contributed by atoms with Crippen LogP contribution in [0.3, 0.4) is 0 Å². The van der Waals surface area contributed by atoms with Crippen LogP contribution in [-0.2, 0) is 0 Å². The van der Waals surface area contributed by atoms with Gasteiger partial charge in [0, 0.05) is 5.56 Å². The molecule has 0 saturated heterocycles. The lowest BCUT2D eigenvalue weighted by atomic mass is 10.1. The summed E-state index contributed by atoms with van der Waals surface area (Å²) in [4.78, 5) is 12.2. The van der Waals surface area contributed by atoms with Crippen LogP contribution in [0.1, 0.15) is 42.2 Å². The zero-order valence-corrected chi connectivity index (χ0v) is 16.3. The molecule has 0 aliphatic heterocycles. The summed E-state index contributed by atoms with van der Waals surface area (Å²) in [7, 11) is 0. The van der Waals surface area contributed by atoms with E-state index >= 15 is 0 Å². The van der Waals surface area contributed by atoms with Gasteiger partial charge in [-0.1, -0.05) is 31.9 Å². The highest BCUT2D eigenvalue weighted by Crippen LogP contribution is 2.21. The van der Waals surface area contributed by atoms with E-state index in [1.165, 1.54) is 12.6 Å². The molecular weight excluding hydrogens is 368 g/mol. The number of ether oxygens (including phenoxy) is 1. The van der Waals surface area contributed by atoms with E-state index in [2.05, 4.69) is 27.6 Å². The van der Waals surface area contributed by atoms with Crippen molar-refractivity contribution >= 4 is 12.1 Å². The monoisotopic (exact) mass is 392 g/mol. The molecule has 0 spiro atoms. The number of nitrogens with zero attached hydrogens (tertiary/aromatic N) is 2. The molecule has 0 bridgehead atoms. The molecule has 0 unspecified atom stereocenters. The number of H-pyrrole nitrogens is 1. The van der Waals surface area contributed by atoms with Crippen LogP contribution < -0.4 is 10.2 Å². The Balaban J connectivity index is 1.56. The summed E-state index contributed by atoms with van der Waals surface area (Å²) in [6, 6.07) is 15.8. The van der Waals surface area contributed by atoms with Crippen molar-refractivity contribution in [1.82, 2.24) is 15.6 Å². The standard InChI is InChI=1S/C22H24N4O3/c1-2-3-4-12-29-19-10-8-17(9-11-19)20-14-21(25-24-20)22(28)26-23-15-16-6-5-7-18(27)13-16/h5-11,13-15,27H,2-4,12H2,1H3,(H,24,25)(H,26,28)/b23-15-. The number of phenolic OH excluding ortho intramolecular Hbond substituents is 1. The van der Waals surface area contributed by atoms with Crippen molar-refractivity contribution in [2.45, 2.75) is 26.2 Å². The van der Waals surface area contributed by atoms with E-state index in [1.54, 1.807) is 30.3 Å². The van der Waals surface area contributed by atoms with E-state index < -0.39 is 5.91 Å². The first kappa shape index (κ1) is 20.1. The van der Waals surface area contributed by atoms with Crippen LogP contribution in [0.5, 0.6) is 11.5 Å². The van der Waals surface area contributed by atoms with Gasteiger partial charge in [0.15, 0.2) is 0 Å². The molecule has 0 fully saturated rings. The van der Waals surface area contributed by atoms with Crippen molar-refractivity contribution in [1.29, 1.82) is 0 Å². The Kier molecular flexibility index (Phi) is 7.00. The van der Waals surface area contributed by atoms with Gasteiger partial charge in [-0.3, -0.25) is 9.89 Å². The normalized spacial score (nSPS) is 10.9. The van der Waals surface area contributed by atoms with Gasteiger partial charge in [0.05, 0.1) is 18.5 Å². The molecule has 2 aromatic carbocycles. The number of phenols is 1. The van der Waals surface area contributed by atoms with Crippen molar-refractivity contribution in [3.63, 3.8) is 0 Å². The first-order valence-electron chi connectivity index (χ1n) is 9.57. The number of rotatable bonds is 9. The fourth-order valence-corrected chi connectivity index (χ4v) is 2.68. The maximum atomic E-state index is 12.2. The second-order valence-corrected chi connectivity index (χ2v) is 6.54. The Morgan fingerprint density at radius 2 is 2.03 bits per heavy atom. The van der Waals surface area contributed by atoms with Crippen molar-refractivity contribution in [2.24, 2.45) is 5.10 Å². The van der Waals surface area contributed by atoms with Crippen LogP contribution in [0.15, 0.2) is 59.7 Å². The second-order valence-electron chi connectivity index (χ2n) is 6.54. The SMILES string of the molecule is CCCCCOc1ccc(-c2cc(C(=O)N/N=C\c3cccc(O)c3)[nH]n2)cc1. The summed E-state index contributed by atoms with van der Waals surface area (Å²) in [5, 5.41) is 20.2. The molecule has 3 N–H and O–H groups in total. The third kappa shape index (κ3) is 5.93. The van der Waals surface area contributed by atoms with E-state index in [0.29, 0.717) is 23.6 Å². The van der Waals surface area contributed by atoms with Crippen LogP contribution in [0.25, 0.3) is 11.3 Å². The Bertz CT molecular complexity index is 964. The van der Waals surface area contributed by atoms with E-state index in [1.807, 2.05) is 24.3 Å². The van der Waals surface area contributed by atoms with Gasteiger partial charge in [0.1, 0.15) is 17.2 Å². The molecule has 7 heteroatoms. The highest BCUT2D eigenvalue weighted by Gasteiger charge is 2.10. The fraction of sp³-hybridized carbons (Fsp3) is 0.227. The number of aromatic nitrogens is 2.